The molecular formula is C15H21NO4S. The normalized spacial score (nSPS) is 19.1. The summed E-state index contributed by atoms with van der Waals surface area (Å²) in [5, 5.41) is 0. The van der Waals surface area contributed by atoms with Crippen LogP contribution in [0.4, 0.5) is 0 Å². The van der Waals surface area contributed by atoms with E-state index in [2.05, 4.69) is 0 Å². The van der Waals surface area contributed by atoms with Gasteiger partial charge < -0.3 is 4.74 Å². The molecule has 0 amide bonds. The fourth-order valence-corrected chi connectivity index (χ4v) is 3.64. The molecule has 1 aromatic rings. The third kappa shape index (κ3) is 3.70. The van der Waals surface area contributed by atoms with Gasteiger partial charge in [-0.25, -0.2) is 8.42 Å². The number of rotatable bonds is 6. The molecule has 0 bridgehead atoms. The van der Waals surface area contributed by atoms with Crippen LogP contribution >= 0.6 is 0 Å². The van der Waals surface area contributed by atoms with Crippen molar-refractivity contribution in [2.75, 3.05) is 20.2 Å². The summed E-state index contributed by atoms with van der Waals surface area (Å²) in [7, 11) is -2.04. The standard InChI is InChI=1S/C15H21NO4S/c1-3-15(17)12-6-4-8-14(10-12)21(18,19)16(2)11-13-7-5-9-20-13/h4,6,8,10,13H,3,5,7,9,11H2,1-2H3. The average molecular weight is 311 g/mol. The lowest BCUT2D eigenvalue weighted by Crippen LogP contribution is -2.34. The van der Waals surface area contributed by atoms with Crippen LogP contribution in [-0.2, 0) is 14.8 Å². The second-order valence-electron chi connectivity index (χ2n) is 5.23. The number of benzene rings is 1. The van der Waals surface area contributed by atoms with Crippen molar-refractivity contribution in [1.82, 2.24) is 4.31 Å². The van der Waals surface area contributed by atoms with E-state index in [1.165, 1.54) is 16.4 Å². The highest BCUT2D eigenvalue weighted by Crippen LogP contribution is 2.20. The van der Waals surface area contributed by atoms with Gasteiger partial charge in [0, 0.05) is 32.2 Å². The van der Waals surface area contributed by atoms with Crippen molar-refractivity contribution in [3.8, 4) is 0 Å². The molecule has 1 saturated heterocycles. The number of carbonyl (C=O) groups is 1. The molecular weight excluding hydrogens is 290 g/mol. The maximum atomic E-state index is 12.5. The molecule has 0 spiro atoms. The van der Waals surface area contributed by atoms with E-state index >= 15 is 0 Å². The van der Waals surface area contributed by atoms with Crippen LogP contribution in [0.15, 0.2) is 29.2 Å². The van der Waals surface area contributed by atoms with Gasteiger partial charge in [0.25, 0.3) is 0 Å². The zero-order valence-electron chi connectivity index (χ0n) is 12.4. The molecule has 1 atom stereocenters. The lowest BCUT2D eigenvalue weighted by Gasteiger charge is -2.20. The van der Waals surface area contributed by atoms with Gasteiger partial charge in [0.1, 0.15) is 0 Å². The number of carbonyl (C=O) groups excluding carboxylic acids is 1. The van der Waals surface area contributed by atoms with Crippen molar-refractivity contribution >= 4 is 15.8 Å². The van der Waals surface area contributed by atoms with Gasteiger partial charge >= 0.3 is 0 Å². The summed E-state index contributed by atoms with van der Waals surface area (Å²) in [6, 6.07) is 6.22. The lowest BCUT2D eigenvalue weighted by molar-refractivity contribution is 0.0977. The van der Waals surface area contributed by atoms with E-state index in [1.54, 1.807) is 26.1 Å². The number of Topliss-reactive ketones (excluding diaryl/α,β-unsaturated/α-hetero) is 1. The second kappa shape index (κ2) is 6.68. The Bertz CT molecular complexity index is 606. The summed E-state index contributed by atoms with van der Waals surface area (Å²) >= 11 is 0. The number of likely N-dealkylation sites (N-methyl/N-ethyl adjacent to an activating group) is 1. The van der Waals surface area contributed by atoms with Crippen molar-refractivity contribution in [2.24, 2.45) is 0 Å². The molecule has 1 aromatic carbocycles. The maximum absolute atomic E-state index is 12.5. The van der Waals surface area contributed by atoms with Crippen LogP contribution in [0.3, 0.4) is 0 Å². The minimum absolute atomic E-state index is 0.0368. The second-order valence-corrected chi connectivity index (χ2v) is 7.27. The number of hydrogen-bond donors (Lipinski definition) is 0. The van der Waals surface area contributed by atoms with Crippen molar-refractivity contribution in [2.45, 2.75) is 37.2 Å². The molecule has 1 heterocycles. The van der Waals surface area contributed by atoms with Gasteiger partial charge in [-0.3, -0.25) is 4.79 Å². The first-order valence-corrected chi connectivity index (χ1v) is 8.60. The Morgan fingerprint density at radius 3 is 2.81 bits per heavy atom. The predicted octanol–water partition coefficient (Wildman–Crippen LogP) is 2.08. The van der Waals surface area contributed by atoms with E-state index < -0.39 is 10.0 Å². The molecule has 0 aliphatic carbocycles. The Hall–Kier alpha value is -1.24. The largest absolute Gasteiger partial charge is 0.377 e. The molecule has 6 heteroatoms. The lowest BCUT2D eigenvalue weighted by atomic mass is 10.1. The number of sulfonamides is 1. The zero-order chi connectivity index (χ0) is 15.5. The molecule has 116 valence electrons. The van der Waals surface area contributed by atoms with Gasteiger partial charge in [-0.05, 0) is 25.0 Å². The van der Waals surface area contributed by atoms with Crippen LogP contribution in [0.5, 0.6) is 0 Å². The smallest absolute Gasteiger partial charge is 0.242 e. The predicted molar refractivity (Wildman–Crippen MR) is 79.9 cm³/mol. The Morgan fingerprint density at radius 1 is 1.43 bits per heavy atom. The summed E-state index contributed by atoms with van der Waals surface area (Å²) in [6.07, 6.45) is 2.17. The first-order chi connectivity index (χ1) is 9.95. The number of hydrogen-bond acceptors (Lipinski definition) is 4. The first kappa shape index (κ1) is 16.1. The van der Waals surface area contributed by atoms with Crippen molar-refractivity contribution < 1.29 is 17.9 Å². The van der Waals surface area contributed by atoms with E-state index in [0.29, 0.717) is 25.1 Å². The van der Waals surface area contributed by atoms with Crippen molar-refractivity contribution in [3.63, 3.8) is 0 Å². The topological polar surface area (TPSA) is 63.7 Å². The van der Waals surface area contributed by atoms with Gasteiger partial charge in [0.05, 0.1) is 11.0 Å². The van der Waals surface area contributed by atoms with Crippen LogP contribution in [-0.4, -0.2) is 44.8 Å². The summed E-state index contributed by atoms with van der Waals surface area (Å²) < 4.78 is 31.9. The molecule has 0 aromatic heterocycles. The molecule has 1 aliphatic heterocycles. The highest BCUT2D eigenvalue weighted by molar-refractivity contribution is 7.89. The Labute approximate surface area is 126 Å². The minimum atomic E-state index is -3.59. The molecule has 1 unspecified atom stereocenters. The van der Waals surface area contributed by atoms with E-state index in [4.69, 9.17) is 4.74 Å². The zero-order valence-corrected chi connectivity index (χ0v) is 13.2. The molecule has 0 radical (unpaired) electrons. The van der Waals surface area contributed by atoms with Gasteiger partial charge in [0.15, 0.2) is 5.78 Å². The van der Waals surface area contributed by atoms with E-state index in [-0.39, 0.29) is 16.8 Å². The van der Waals surface area contributed by atoms with Crippen LogP contribution < -0.4 is 0 Å². The Morgan fingerprint density at radius 2 is 2.19 bits per heavy atom. The Balaban J connectivity index is 2.19. The summed E-state index contributed by atoms with van der Waals surface area (Å²) in [5.41, 5.74) is 0.434. The number of ketones is 1. The quantitative estimate of drug-likeness (QED) is 0.755. The van der Waals surface area contributed by atoms with Crippen LogP contribution in [0, 0.1) is 0 Å². The maximum Gasteiger partial charge on any atom is 0.242 e. The van der Waals surface area contributed by atoms with Gasteiger partial charge in [-0.15, -0.1) is 0 Å². The minimum Gasteiger partial charge on any atom is -0.377 e. The highest BCUT2D eigenvalue weighted by Gasteiger charge is 2.26. The van der Waals surface area contributed by atoms with E-state index in [0.717, 1.165) is 12.8 Å². The number of nitrogens with zero attached hydrogens (tertiary/aromatic N) is 1. The van der Waals surface area contributed by atoms with Gasteiger partial charge in [-0.1, -0.05) is 19.1 Å². The monoisotopic (exact) mass is 311 g/mol. The molecule has 5 nitrogen and oxygen atoms in total. The van der Waals surface area contributed by atoms with Crippen molar-refractivity contribution in [3.05, 3.63) is 29.8 Å². The Kier molecular flexibility index (Phi) is 5.13. The third-order valence-electron chi connectivity index (χ3n) is 3.67. The van der Waals surface area contributed by atoms with E-state index in [9.17, 15) is 13.2 Å². The molecule has 1 fully saturated rings. The van der Waals surface area contributed by atoms with Crippen LogP contribution in [0.2, 0.25) is 0 Å². The van der Waals surface area contributed by atoms with E-state index in [1.807, 2.05) is 0 Å². The average Bonchev–Trinajstić information content (AvgIpc) is 2.99. The molecule has 2 rings (SSSR count). The molecule has 0 saturated carbocycles. The van der Waals surface area contributed by atoms with Crippen molar-refractivity contribution in [1.29, 1.82) is 0 Å². The summed E-state index contributed by atoms with van der Waals surface area (Å²) in [5.74, 6) is -0.0613. The number of ether oxygens (including phenoxy) is 1. The fourth-order valence-electron chi connectivity index (χ4n) is 2.39. The highest BCUT2D eigenvalue weighted by atomic mass is 32.2. The summed E-state index contributed by atoms with van der Waals surface area (Å²) in [4.78, 5) is 11.9. The SMILES string of the molecule is CCC(=O)c1cccc(S(=O)(=O)N(C)CC2CCCO2)c1. The summed E-state index contributed by atoms with van der Waals surface area (Å²) in [6.45, 7) is 2.79. The first-order valence-electron chi connectivity index (χ1n) is 7.16. The molecule has 1 aliphatic rings. The third-order valence-corrected chi connectivity index (χ3v) is 5.49. The van der Waals surface area contributed by atoms with Gasteiger partial charge in [0.2, 0.25) is 10.0 Å². The van der Waals surface area contributed by atoms with Crippen LogP contribution in [0.25, 0.3) is 0 Å². The van der Waals surface area contributed by atoms with Gasteiger partial charge in [-0.2, -0.15) is 4.31 Å². The fraction of sp³-hybridized carbons (Fsp3) is 0.533. The molecule has 0 N–H and O–H groups in total. The molecule has 21 heavy (non-hydrogen) atoms. The van der Waals surface area contributed by atoms with Crippen LogP contribution in [0.1, 0.15) is 36.5 Å².